The summed E-state index contributed by atoms with van der Waals surface area (Å²) >= 11 is 11.3. The van der Waals surface area contributed by atoms with Crippen LogP contribution >= 0.6 is 39.3 Å². The molecule has 0 aromatic heterocycles. The number of anilines is 1. The first-order valence-corrected chi connectivity index (χ1v) is 19.0. The molecule has 0 spiro atoms. The fraction of sp³-hybridized carbons (Fsp3) is 0.190. The van der Waals surface area contributed by atoms with E-state index < -0.39 is 0 Å². The van der Waals surface area contributed by atoms with Crippen LogP contribution in [0, 0.1) is 0 Å². The summed E-state index contributed by atoms with van der Waals surface area (Å²) in [5, 5.41) is 4.21. The van der Waals surface area contributed by atoms with Crippen molar-refractivity contribution in [3.63, 3.8) is 0 Å². The number of benzene rings is 5. The summed E-state index contributed by atoms with van der Waals surface area (Å²) < 4.78 is 12.5. The maximum Gasteiger partial charge on any atom is 0.264 e. The molecule has 8 rings (SSSR count). The molecule has 0 bridgehead atoms. The van der Waals surface area contributed by atoms with E-state index in [1.807, 2.05) is 42.5 Å². The number of aliphatic imine (C=N–C) groups is 1. The van der Waals surface area contributed by atoms with Crippen LogP contribution in [0.5, 0.6) is 11.5 Å². The van der Waals surface area contributed by atoms with E-state index in [-0.39, 0.29) is 24.3 Å². The molecular weight excluding hydrogens is 742 g/mol. The van der Waals surface area contributed by atoms with Gasteiger partial charge >= 0.3 is 0 Å². The Bertz CT molecular complexity index is 2100. The lowest BCUT2D eigenvalue weighted by atomic mass is 9.76. The Hall–Kier alpha value is -4.50. The van der Waals surface area contributed by atoms with Gasteiger partial charge in [-0.2, -0.15) is 0 Å². The third-order valence-corrected chi connectivity index (χ3v) is 11.6. The summed E-state index contributed by atoms with van der Waals surface area (Å²) in [6.45, 7) is 2.35. The first-order chi connectivity index (χ1) is 24.9. The zero-order chi connectivity index (χ0) is 34.9. The van der Waals surface area contributed by atoms with Crippen molar-refractivity contribution in [2.75, 3.05) is 25.1 Å². The van der Waals surface area contributed by atoms with E-state index in [1.54, 1.807) is 7.11 Å². The van der Waals surface area contributed by atoms with Crippen molar-refractivity contribution >= 4 is 67.8 Å². The fourth-order valence-electron chi connectivity index (χ4n) is 7.38. The minimum atomic E-state index is -0.192. The number of methoxy groups -OCH3 is 1. The van der Waals surface area contributed by atoms with Crippen LogP contribution in [0.15, 0.2) is 124 Å². The maximum absolute atomic E-state index is 13.3. The van der Waals surface area contributed by atoms with Crippen molar-refractivity contribution in [3.8, 4) is 11.5 Å². The Morgan fingerprint density at radius 2 is 1.53 bits per heavy atom. The topological polar surface area (TPSA) is 63.2 Å². The number of hydrogen-bond donors (Lipinski definition) is 1. The molecule has 3 aliphatic heterocycles. The molecule has 2 atom stereocenters. The average molecular weight is 777 g/mol. The smallest absolute Gasteiger partial charge is 0.264 e. The second-order valence-corrected chi connectivity index (χ2v) is 15.2. The first kappa shape index (κ1) is 33.6. The third-order valence-electron chi connectivity index (χ3n) is 9.76. The molecule has 1 amide bonds. The molecule has 1 saturated heterocycles. The average Bonchev–Trinajstić information content (AvgIpc) is 3.49. The van der Waals surface area contributed by atoms with Crippen LogP contribution < -0.4 is 19.7 Å². The number of carbonyl (C=O) groups excluding carboxylic acids is 1. The van der Waals surface area contributed by atoms with E-state index in [4.69, 9.17) is 26.1 Å². The minimum absolute atomic E-state index is 0.192. The second-order valence-electron chi connectivity index (χ2n) is 12.9. The van der Waals surface area contributed by atoms with Crippen molar-refractivity contribution in [3.05, 3.63) is 157 Å². The van der Waals surface area contributed by atoms with Crippen LogP contribution in [0.1, 0.15) is 58.1 Å². The van der Waals surface area contributed by atoms with E-state index >= 15 is 0 Å². The number of nitrogens with one attached hydrogen (secondary N) is 1. The molecule has 5 aromatic rings. The highest BCUT2D eigenvalue weighted by atomic mass is 79.9. The molecule has 0 unspecified atom stereocenters. The second kappa shape index (κ2) is 14.6. The standard InChI is InChI=1S/C42H35BrClN3O3S/c1-49-37-21-26(20-35(43)40(37)50-25-29-14-8-9-15-36(29)44)22-38-41(48)46-42(51-38)45-30-23-33-31(27-10-4-2-5-11-27)16-18-47-19-17-32(34(24-30)39(33)47)28-12-6-3-7-13-28/h2-15,20-24,31-32H,16-19,25H2,1H3,(H,45,46,48)/b38-22-/t31-,32-/m1/s1. The highest BCUT2D eigenvalue weighted by Crippen LogP contribution is 2.50. The van der Waals surface area contributed by atoms with Crippen LogP contribution in [0.4, 0.5) is 11.4 Å². The number of amides is 1. The number of rotatable bonds is 8. The van der Waals surface area contributed by atoms with Crippen LogP contribution in [0.25, 0.3) is 6.08 Å². The molecule has 6 nitrogen and oxygen atoms in total. The van der Waals surface area contributed by atoms with Gasteiger partial charge in [-0.25, -0.2) is 4.99 Å². The quantitative estimate of drug-likeness (QED) is 0.159. The van der Waals surface area contributed by atoms with Gasteiger partial charge in [0.05, 0.1) is 22.2 Å². The number of thioether (sulfide) groups is 1. The molecule has 3 aliphatic rings. The van der Waals surface area contributed by atoms with Gasteiger partial charge in [-0.1, -0.05) is 90.5 Å². The van der Waals surface area contributed by atoms with Crippen LogP contribution in [-0.4, -0.2) is 31.3 Å². The zero-order valence-corrected chi connectivity index (χ0v) is 31.1. The summed E-state index contributed by atoms with van der Waals surface area (Å²) in [6.07, 6.45) is 3.94. The largest absolute Gasteiger partial charge is 0.493 e. The maximum atomic E-state index is 13.3. The van der Waals surface area contributed by atoms with Gasteiger partial charge in [0, 0.05) is 41.2 Å². The Morgan fingerprint density at radius 1 is 0.902 bits per heavy atom. The molecule has 1 N–H and O–H groups in total. The lowest BCUT2D eigenvalue weighted by Gasteiger charge is -2.43. The summed E-state index contributed by atoms with van der Waals surface area (Å²) in [6, 6.07) is 37.4. The van der Waals surface area contributed by atoms with Gasteiger partial charge in [0.25, 0.3) is 5.91 Å². The summed E-state index contributed by atoms with van der Waals surface area (Å²) in [4.78, 5) is 21.5. The molecule has 5 aromatic carbocycles. The highest BCUT2D eigenvalue weighted by Gasteiger charge is 2.35. The molecule has 1 fully saturated rings. The number of halogens is 2. The lowest BCUT2D eigenvalue weighted by molar-refractivity contribution is -0.115. The van der Waals surface area contributed by atoms with Gasteiger partial charge in [0.2, 0.25) is 0 Å². The highest BCUT2D eigenvalue weighted by molar-refractivity contribution is 9.10. The van der Waals surface area contributed by atoms with Crippen LogP contribution in [-0.2, 0) is 11.4 Å². The Labute approximate surface area is 315 Å². The number of hydrogen-bond acceptors (Lipinski definition) is 6. The van der Waals surface area contributed by atoms with Crippen molar-refractivity contribution in [2.45, 2.75) is 31.3 Å². The number of nitrogens with zero attached hydrogens (tertiary/aromatic N) is 2. The third kappa shape index (κ3) is 6.93. The predicted octanol–water partition coefficient (Wildman–Crippen LogP) is 10.5. The van der Waals surface area contributed by atoms with E-state index in [0.717, 1.165) is 42.7 Å². The molecule has 0 saturated carbocycles. The Kier molecular flexibility index (Phi) is 9.64. The van der Waals surface area contributed by atoms with E-state index in [2.05, 4.69) is 98.9 Å². The number of amidine groups is 1. The SMILES string of the molecule is COc1cc(/C=C2\SC(=Nc3cc4c5c(c3)[C@@H](c3ccccc3)CCN5CC[C@@H]4c3ccccc3)NC2=O)cc(Br)c1OCc1ccccc1Cl. The van der Waals surface area contributed by atoms with Crippen LogP contribution in [0.2, 0.25) is 5.02 Å². The molecule has 3 heterocycles. The molecule has 9 heteroatoms. The molecule has 51 heavy (non-hydrogen) atoms. The van der Waals surface area contributed by atoms with Gasteiger partial charge in [0.15, 0.2) is 16.7 Å². The predicted molar refractivity (Wildman–Crippen MR) is 212 cm³/mol. The van der Waals surface area contributed by atoms with Crippen molar-refractivity contribution in [1.82, 2.24) is 5.32 Å². The zero-order valence-electron chi connectivity index (χ0n) is 27.9. The van der Waals surface area contributed by atoms with Gasteiger partial charge in [-0.15, -0.1) is 0 Å². The number of ether oxygens (including phenoxy) is 2. The fourth-order valence-corrected chi connectivity index (χ4v) is 8.99. The normalized spacial score (nSPS) is 19.6. The van der Waals surface area contributed by atoms with Crippen molar-refractivity contribution in [2.24, 2.45) is 4.99 Å². The molecule has 0 radical (unpaired) electrons. The first-order valence-electron chi connectivity index (χ1n) is 17.0. The van der Waals surface area contributed by atoms with Crippen molar-refractivity contribution < 1.29 is 14.3 Å². The Balaban J connectivity index is 1.11. The van der Waals surface area contributed by atoms with Crippen molar-refractivity contribution in [1.29, 1.82) is 0 Å². The van der Waals surface area contributed by atoms with Gasteiger partial charge in [-0.3, -0.25) is 4.79 Å². The molecular formula is C42H35BrClN3O3S. The van der Waals surface area contributed by atoms with Crippen LogP contribution in [0.3, 0.4) is 0 Å². The van der Waals surface area contributed by atoms with E-state index in [1.165, 1.54) is 39.7 Å². The summed E-state index contributed by atoms with van der Waals surface area (Å²) in [5.41, 5.74) is 9.12. The van der Waals surface area contributed by atoms with Gasteiger partial charge in [0.1, 0.15) is 6.61 Å². The summed E-state index contributed by atoms with van der Waals surface area (Å²) in [7, 11) is 1.60. The van der Waals surface area contributed by atoms with Gasteiger partial charge in [-0.05, 0) is 105 Å². The molecule has 256 valence electrons. The Morgan fingerprint density at radius 3 is 2.16 bits per heavy atom. The number of carbonyl (C=O) groups is 1. The molecule has 0 aliphatic carbocycles. The van der Waals surface area contributed by atoms with E-state index in [0.29, 0.717) is 31.1 Å². The lowest BCUT2D eigenvalue weighted by Crippen LogP contribution is -2.37. The van der Waals surface area contributed by atoms with Gasteiger partial charge < -0.3 is 19.7 Å². The minimum Gasteiger partial charge on any atom is -0.493 e. The summed E-state index contributed by atoms with van der Waals surface area (Å²) in [5.74, 6) is 1.46. The van der Waals surface area contributed by atoms with E-state index in [9.17, 15) is 4.79 Å². The monoisotopic (exact) mass is 775 g/mol.